The predicted molar refractivity (Wildman–Crippen MR) is 141 cm³/mol. The van der Waals surface area contributed by atoms with Crippen molar-refractivity contribution in [2.75, 3.05) is 43.6 Å². The van der Waals surface area contributed by atoms with E-state index in [1.165, 1.54) is 4.31 Å². The number of rotatable bonds is 8. The van der Waals surface area contributed by atoms with Gasteiger partial charge in [-0.15, -0.1) is 0 Å². The molecule has 1 saturated heterocycles. The van der Waals surface area contributed by atoms with Crippen LogP contribution in [0.4, 0.5) is 5.69 Å². The second kappa shape index (κ2) is 11.3. The number of sulfonamides is 1. The zero-order chi connectivity index (χ0) is 24.7. The molecule has 0 N–H and O–H groups in total. The van der Waals surface area contributed by atoms with Crippen molar-refractivity contribution in [3.8, 4) is 0 Å². The molecule has 1 amide bonds. The lowest BCUT2D eigenvalue weighted by atomic mass is 10.2. The van der Waals surface area contributed by atoms with Gasteiger partial charge >= 0.3 is 0 Å². The number of nitrogens with zero attached hydrogens (tertiary/aromatic N) is 3. The van der Waals surface area contributed by atoms with Crippen LogP contribution in [0.3, 0.4) is 0 Å². The summed E-state index contributed by atoms with van der Waals surface area (Å²) in [6.07, 6.45) is 4.24. The second-order valence-electron chi connectivity index (χ2n) is 8.65. The molecule has 0 atom stereocenters. The maximum Gasteiger partial charge on any atom is 0.264 e. The van der Waals surface area contributed by atoms with Crippen LogP contribution in [0.1, 0.15) is 11.1 Å². The van der Waals surface area contributed by atoms with E-state index in [-0.39, 0.29) is 17.3 Å². The van der Waals surface area contributed by atoms with Crippen molar-refractivity contribution < 1.29 is 13.2 Å². The number of hydrogen-bond donors (Lipinski definition) is 0. The molecule has 6 nitrogen and oxygen atoms in total. The number of anilines is 1. The number of carbonyl (C=O) groups is 1. The molecule has 3 aromatic rings. The Balaban J connectivity index is 1.41. The first-order valence-electron chi connectivity index (χ1n) is 11.8. The molecular formula is C28H31N3O3S. The molecule has 1 heterocycles. The average molecular weight is 490 g/mol. The van der Waals surface area contributed by atoms with E-state index in [1.54, 1.807) is 47.4 Å². The van der Waals surface area contributed by atoms with E-state index in [9.17, 15) is 13.2 Å². The van der Waals surface area contributed by atoms with Gasteiger partial charge in [-0.25, -0.2) is 8.42 Å². The van der Waals surface area contributed by atoms with E-state index >= 15 is 0 Å². The summed E-state index contributed by atoms with van der Waals surface area (Å²) < 4.78 is 28.1. The molecular weight excluding hydrogens is 458 g/mol. The fraction of sp³-hybridized carbons (Fsp3) is 0.250. The Kier molecular flexibility index (Phi) is 8.00. The highest BCUT2D eigenvalue weighted by Gasteiger charge is 2.30. The lowest BCUT2D eigenvalue weighted by Crippen LogP contribution is -2.51. The summed E-state index contributed by atoms with van der Waals surface area (Å²) in [5, 5.41) is 0. The van der Waals surface area contributed by atoms with Crippen molar-refractivity contribution in [1.82, 2.24) is 9.80 Å². The van der Waals surface area contributed by atoms with Crippen LogP contribution < -0.4 is 4.31 Å². The van der Waals surface area contributed by atoms with Crippen LogP contribution in [-0.2, 0) is 14.8 Å². The molecule has 1 fully saturated rings. The number of benzene rings is 3. The third-order valence-electron chi connectivity index (χ3n) is 6.13. The Morgan fingerprint density at radius 1 is 0.857 bits per heavy atom. The zero-order valence-corrected chi connectivity index (χ0v) is 20.8. The highest BCUT2D eigenvalue weighted by atomic mass is 32.2. The summed E-state index contributed by atoms with van der Waals surface area (Å²) in [5.74, 6) is -0.190. The molecule has 1 aliphatic rings. The minimum Gasteiger partial charge on any atom is -0.339 e. The number of hydrogen-bond acceptors (Lipinski definition) is 4. The minimum absolute atomic E-state index is 0.170. The van der Waals surface area contributed by atoms with Gasteiger partial charge in [-0.1, -0.05) is 78.4 Å². The topological polar surface area (TPSA) is 60.9 Å². The third kappa shape index (κ3) is 6.38. The molecule has 0 unspecified atom stereocenters. The minimum atomic E-state index is -3.88. The molecule has 0 spiro atoms. The monoisotopic (exact) mass is 489 g/mol. The SMILES string of the molecule is Cc1ccc(N(CC(=O)N2CCN(C/C=C/c3ccccc3)CC2)S(=O)(=O)c2ccccc2)cc1. The van der Waals surface area contributed by atoms with Gasteiger partial charge in [0.1, 0.15) is 6.54 Å². The van der Waals surface area contributed by atoms with Crippen LogP contribution in [-0.4, -0.2) is 63.4 Å². The van der Waals surface area contributed by atoms with Crippen molar-refractivity contribution in [2.24, 2.45) is 0 Å². The number of piperazine rings is 1. The Morgan fingerprint density at radius 3 is 2.09 bits per heavy atom. The van der Waals surface area contributed by atoms with Crippen LogP contribution in [0.2, 0.25) is 0 Å². The van der Waals surface area contributed by atoms with Gasteiger partial charge in [0.25, 0.3) is 10.0 Å². The fourth-order valence-corrected chi connectivity index (χ4v) is 5.49. The molecule has 0 radical (unpaired) electrons. The van der Waals surface area contributed by atoms with Gasteiger partial charge in [-0.2, -0.15) is 0 Å². The highest BCUT2D eigenvalue weighted by Crippen LogP contribution is 2.24. The van der Waals surface area contributed by atoms with Crippen molar-refractivity contribution in [2.45, 2.75) is 11.8 Å². The third-order valence-corrected chi connectivity index (χ3v) is 7.92. The van der Waals surface area contributed by atoms with E-state index in [4.69, 9.17) is 0 Å². The summed E-state index contributed by atoms with van der Waals surface area (Å²) in [6, 6.07) is 25.6. The molecule has 0 saturated carbocycles. The van der Waals surface area contributed by atoms with Gasteiger partial charge in [0, 0.05) is 32.7 Å². The summed E-state index contributed by atoms with van der Waals surface area (Å²) >= 11 is 0. The lowest BCUT2D eigenvalue weighted by Gasteiger charge is -2.35. The molecule has 0 bridgehead atoms. The van der Waals surface area contributed by atoms with E-state index in [0.717, 1.165) is 30.8 Å². The van der Waals surface area contributed by atoms with E-state index < -0.39 is 10.0 Å². The predicted octanol–water partition coefficient (Wildman–Crippen LogP) is 4.05. The van der Waals surface area contributed by atoms with Crippen LogP contribution in [0.15, 0.2) is 95.9 Å². The Labute approximate surface area is 208 Å². The summed E-state index contributed by atoms with van der Waals surface area (Å²) in [4.78, 5) is 17.4. The van der Waals surface area contributed by atoms with Crippen LogP contribution in [0, 0.1) is 6.92 Å². The number of carbonyl (C=O) groups excluding carboxylic acids is 1. The molecule has 1 aliphatic heterocycles. The largest absolute Gasteiger partial charge is 0.339 e. The van der Waals surface area contributed by atoms with Crippen LogP contribution >= 0.6 is 0 Å². The average Bonchev–Trinajstić information content (AvgIpc) is 2.89. The van der Waals surface area contributed by atoms with Gasteiger partial charge in [-0.3, -0.25) is 14.0 Å². The molecule has 182 valence electrons. The van der Waals surface area contributed by atoms with E-state index in [2.05, 4.69) is 29.2 Å². The second-order valence-corrected chi connectivity index (χ2v) is 10.5. The Bertz CT molecular complexity index is 1240. The standard InChI is InChI=1S/C28H31N3O3S/c1-24-14-16-26(17-15-24)31(35(33,34)27-12-6-3-7-13-27)23-28(32)30-21-19-29(20-22-30)18-8-11-25-9-4-2-5-10-25/h2-17H,18-23H2,1H3/b11-8+. The van der Waals surface area contributed by atoms with Crippen molar-refractivity contribution >= 4 is 27.7 Å². The zero-order valence-electron chi connectivity index (χ0n) is 20.0. The van der Waals surface area contributed by atoms with Gasteiger partial charge in [0.15, 0.2) is 0 Å². The molecule has 4 rings (SSSR count). The maximum atomic E-state index is 13.5. The molecule has 3 aromatic carbocycles. The van der Waals surface area contributed by atoms with Gasteiger partial charge < -0.3 is 4.90 Å². The quantitative estimate of drug-likeness (QED) is 0.479. The van der Waals surface area contributed by atoms with Gasteiger partial charge in [0.2, 0.25) is 5.91 Å². The number of aryl methyl sites for hydroxylation is 1. The molecule has 0 aliphatic carbocycles. The first kappa shape index (κ1) is 24.7. The van der Waals surface area contributed by atoms with Crippen molar-refractivity contribution in [3.63, 3.8) is 0 Å². The fourth-order valence-electron chi connectivity index (χ4n) is 4.05. The van der Waals surface area contributed by atoms with Gasteiger partial charge in [-0.05, 0) is 36.8 Å². The number of amides is 1. The summed E-state index contributed by atoms with van der Waals surface area (Å²) in [7, 11) is -3.88. The van der Waals surface area contributed by atoms with Crippen LogP contribution in [0.25, 0.3) is 6.08 Å². The first-order valence-corrected chi connectivity index (χ1v) is 13.2. The first-order chi connectivity index (χ1) is 16.9. The van der Waals surface area contributed by atoms with E-state index in [0.29, 0.717) is 18.8 Å². The molecule has 35 heavy (non-hydrogen) atoms. The lowest BCUT2D eigenvalue weighted by molar-refractivity contribution is -0.131. The highest BCUT2D eigenvalue weighted by molar-refractivity contribution is 7.92. The molecule has 7 heteroatoms. The summed E-state index contributed by atoms with van der Waals surface area (Å²) in [5.41, 5.74) is 2.67. The summed E-state index contributed by atoms with van der Waals surface area (Å²) in [6.45, 7) is 5.18. The normalized spacial score (nSPS) is 14.8. The maximum absolute atomic E-state index is 13.5. The van der Waals surface area contributed by atoms with Crippen LogP contribution in [0.5, 0.6) is 0 Å². The smallest absolute Gasteiger partial charge is 0.264 e. The molecule has 0 aromatic heterocycles. The Hall–Kier alpha value is -3.42. The van der Waals surface area contributed by atoms with Crippen molar-refractivity contribution in [1.29, 1.82) is 0 Å². The van der Waals surface area contributed by atoms with Crippen molar-refractivity contribution in [3.05, 3.63) is 102 Å². The Morgan fingerprint density at radius 2 is 1.46 bits per heavy atom. The van der Waals surface area contributed by atoms with E-state index in [1.807, 2.05) is 37.3 Å². The van der Waals surface area contributed by atoms with Gasteiger partial charge in [0.05, 0.1) is 10.6 Å².